The van der Waals surface area contributed by atoms with Crippen LogP contribution in [0.15, 0.2) is 59.1 Å². The Morgan fingerprint density at radius 3 is 2.68 bits per heavy atom. The maximum absolute atomic E-state index is 13.8. The molecule has 0 bridgehead atoms. The van der Waals surface area contributed by atoms with Crippen molar-refractivity contribution in [2.24, 2.45) is 0 Å². The zero-order chi connectivity index (χ0) is 24.5. The molecule has 3 aromatic rings. The van der Waals surface area contributed by atoms with Gasteiger partial charge in [-0.3, -0.25) is 4.79 Å². The monoisotopic (exact) mass is 525 g/mol. The average Bonchev–Trinajstić information content (AvgIpc) is 2.90. The molecule has 7 nitrogen and oxygen atoms in total. The number of carbonyl (C=O) groups is 2. The summed E-state index contributed by atoms with van der Waals surface area (Å²) in [6.07, 6.45) is -0.633. The van der Waals surface area contributed by atoms with Crippen LogP contribution in [0.5, 0.6) is 5.75 Å². The van der Waals surface area contributed by atoms with Gasteiger partial charge in [0.1, 0.15) is 17.4 Å². The van der Waals surface area contributed by atoms with E-state index in [1.807, 2.05) is 54.6 Å². The number of amides is 2. The van der Waals surface area contributed by atoms with Gasteiger partial charge in [-0.15, -0.1) is 0 Å². The van der Waals surface area contributed by atoms with Crippen molar-refractivity contribution in [1.82, 2.24) is 5.32 Å². The molecule has 0 aliphatic carbocycles. The van der Waals surface area contributed by atoms with E-state index >= 15 is 0 Å². The number of fused-ring (bicyclic) bond motifs is 2. The minimum absolute atomic E-state index is 0.237. The number of anilines is 2. The van der Waals surface area contributed by atoms with Crippen molar-refractivity contribution in [3.63, 3.8) is 0 Å². The lowest BCUT2D eigenvalue weighted by molar-refractivity contribution is -0.120. The molecule has 0 saturated carbocycles. The van der Waals surface area contributed by atoms with E-state index in [1.54, 1.807) is 32.8 Å². The Bertz CT molecular complexity index is 1240. The summed E-state index contributed by atoms with van der Waals surface area (Å²) < 4.78 is 12.0. The fraction of sp³-hybridized carbons (Fsp3) is 0.308. The van der Waals surface area contributed by atoms with Gasteiger partial charge in [0.15, 0.2) is 0 Å². The van der Waals surface area contributed by atoms with Gasteiger partial charge in [-0.1, -0.05) is 40.2 Å². The zero-order valence-corrected chi connectivity index (χ0v) is 21.2. The van der Waals surface area contributed by atoms with E-state index in [-0.39, 0.29) is 19.0 Å². The normalized spacial score (nSPS) is 15.9. The molecular formula is C26H28BrN3O4. The summed E-state index contributed by atoms with van der Waals surface area (Å²) in [5.74, 6) is 0.452. The highest BCUT2D eigenvalue weighted by molar-refractivity contribution is 9.10. The number of rotatable bonds is 4. The number of nitrogens with zero attached hydrogens (tertiary/aromatic N) is 1. The molecule has 1 atom stereocenters. The van der Waals surface area contributed by atoms with Gasteiger partial charge in [-0.05, 0) is 61.9 Å². The molecule has 1 heterocycles. The second kappa shape index (κ2) is 9.54. The number of ether oxygens (including phenoxy) is 2. The van der Waals surface area contributed by atoms with Gasteiger partial charge >= 0.3 is 6.09 Å². The molecule has 0 aromatic heterocycles. The molecule has 2 N–H and O–H groups in total. The summed E-state index contributed by atoms with van der Waals surface area (Å²) in [5.41, 5.74) is 1.76. The first kappa shape index (κ1) is 23.9. The molecule has 1 aliphatic heterocycles. The maximum Gasteiger partial charge on any atom is 0.408 e. The number of nitrogens with one attached hydrogen (secondary N) is 2. The van der Waals surface area contributed by atoms with Crippen molar-refractivity contribution in [1.29, 1.82) is 0 Å². The molecule has 2 amide bonds. The molecular weight excluding hydrogens is 498 g/mol. The highest BCUT2D eigenvalue weighted by atomic mass is 79.9. The summed E-state index contributed by atoms with van der Waals surface area (Å²) in [6.45, 7) is 5.87. The summed E-state index contributed by atoms with van der Waals surface area (Å²) in [6, 6.07) is 16.7. The Hall–Kier alpha value is -3.26. The van der Waals surface area contributed by atoms with Crippen LogP contribution in [0.4, 0.5) is 16.2 Å². The van der Waals surface area contributed by atoms with Crippen LogP contribution in [0.2, 0.25) is 0 Å². The van der Waals surface area contributed by atoms with E-state index in [4.69, 9.17) is 9.47 Å². The molecule has 0 saturated heterocycles. The van der Waals surface area contributed by atoms with E-state index < -0.39 is 17.7 Å². The SMILES string of the molecule is COc1ccc2cc(Br)ccc2c1CN1C(=O)[C@@H](NC(=O)OC(C)(C)C)CNc2ccccc21. The smallest absolute Gasteiger partial charge is 0.408 e. The second-order valence-electron chi connectivity index (χ2n) is 9.13. The topological polar surface area (TPSA) is 79.9 Å². The van der Waals surface area contributed by atoms with Gasteiger partial charge < -0.3 is 25.0 Å². The fourth-order valence-electron chi connectivity index (χ4n) is 4.05. The standard InChI is InChI=1S/C26H28BrN3O4/c1-26(2,3)34-25(32)29-21-14-28-20-7-5-6-8-22(20)30(24(21)31)15-19-18-11-10-17(27)13-16(18)9-12-23(19)33-4/h5-13,21,28H,14-15H2,1-4H3,(H,29,32)/t21-/m0/s1. The number of alkyl carbamates (subject to hydrolysis) is 1. The van der Waals surface area contributed by atoms with Crippen molar-refractivity contribution in [2.45, 2.75) is 39.0 Å². The molecule has 0 radical (unpaired) electrons. The molecule has 0 unspecified atom stereocenters. The summed E-state index contributed by atoms with van der Waals surface area (Å²) in [7, 11) is 1.62. The third kappa shape index (κ3) is 5.12. The minimum atomic E-state index is -0.808. The van der Waals surface area contributed by atoms with Crippen LogP contribution in [0.1, 0.15) is 26.3 Å². The number of hydrogen-bond acceptors (Lipinski definition) is 5. The molecule has 4 rings (SSSR count). The largest absolute Gasteiger partial charge is 0.496 e. The van der Waals surface area contributed by atoms with E-state index in [0.717, 1.165) is 32.2 Å². The number of hydrogen-bond donors (Lipinski definition) is 2. The molecule has 3 aromatic carbocycles. The van der Waals surface area contributed by atoms with Gasteiger partial charge in [0.25, 0.3) is 5.91 Å². The lowest BCUT2D eigenvalue weighted by atomic mass is 10.0. The Labute approximate surface area is 207 Å². The predicted octanol–water partition coefficient (Wildman–Crippen LogP) is 5.46. The maximum atomic E-state index is 13.8. The van der Waals surface area contributed by atoms with E-state index in [9.17, 15) is 9.59 Å². The first-order chi connectivity index (χ1) is 16.2. The first-order valence-corrected chi connectivity index (χ1v) is 11.8. The number of halogens is 1. The number of para-hydroxylation sites is 2. The van der Waals surface area contributed by atoms with Crippen LogP contribution in [0.25, 0.3) is 10.8 Å². The lowest BCUT2D eigenvalue weighted by Crippen LogP contribution is -2.51. The summed E-state index contributed by atoms with van der Waals surface area (Å²) in [5, 5.41) is 8.05. The molecule has 0 fully saturated rings. The van der Waals surface area contributed by atoms with Crippen LogP contribution < -0.4 is 20.3 Å². The molecule has 1 aliphatic rings. The highest BCUT2D eigenvalue weighted by Crippen LogP contribution is 2.35. The first-order valence-electron chi connectivity index (χ1n) is 11.1. The number of methoxy groups -OCH3 is 1. The fourth-order valence-corrected chi connectivity index (χ4v) is 4.43. The van der Waals surface area contributed by atoms with Crippen molar-refractivity contribution in [3.8, 4) is 5.75 Å². The highest BCUT2D eigenvalue weighted by Gasteiger charge is 2.33. The van der Waals surface area contributed by atoms with Crippen LogP contribution in [0.3, 0.4) is 0 Å². The average molecular weight is 526 g/mol. The molecule has 0 spiro atoms. The summed E-state index contributed by atoms with van der Waals surface area (Å²) in [4.78, 5) is 27.9. The third-order valence-corrected chi connectivity index (χ3v) is 6.03. The molecule has 8 heteroatoms. The zero-order valence-electron chi connectivity index (χ0n) is 19.6. The van der Waals surface area contributed by atoms with E-state index in [1.165, 1.54) is 0 Å². The van der Waals surface area contributed by atoms with Crippen molar-refractivity contribution >= 4 is 50.1 Å². The third-order valence-electron chi connectivity index (χ3n) is 5.53. The van der Waals surface area contributed by atoms with Gasteiger partial charge in [0, 0.05) is 16.6 Å². The molecule has 34 heavy (non-hydrogen) atoms. The summed E-state index contributed by atoms with van der Waals surface area (Å²) >= 11 is 3.53. The molecule has 178 valence electrons. The van der Waals surface area contributed by atoms with Crippen LogP contribution in [0, 0.1) is 0 Å². The Morgan fingerprint density at radius 2 is 1.94 bits per heavy atom. The van der Waals surface area contributed by atoms with Crippen LogP contribution in [-0.4, -0.2) is 37.3 Å². The predicted molar refractivity (Wildman–Crippen MR) is 137 cm³/mol. The van der Waals surface area contributed by atoms with Gasteiger partial charge in [-0.2, -0.15) is 0 Å². The van der Waals surface area contributed by atoms with Crippen molar-refractivity contribution in [2.75, 3.05) is 23.9 Å². The number of benzene rings is 3. The lowest BCUT2D eigenvalue weighted by Gasteiger charge is -2.27. The van der Waals surface area contributed by atoms with Gasteiger partial charge in [0.05, 0.1) is 25.0 Å². The van der Waals surface area contributed by atoms with Crippen molar-refractivity contribution in [3.05, 3.63) is 64.6 Å². The minimum Gasteiger partial charge on any atom is -0.496 e. The van der Waals surface area contributed by atoms with Crippen LogP contribution in [-0.2, 0) is 16.1 Å². The Balaban J connectivity index is 1.74. The van der Waals surface area contributed by atoms with Crippen LogP contribution >= 0.6 is 15.9 Å². The quantitative estimate of drug-likeness (QED) is 0.472. The van der Waals surface area contributed by atoms with Crippen molar-refractivity contribution < 1.29 is 19.1 Å². The second-order valence-corrected chi connectivity index (χ2v) is 10.0. The van der Waals surface area contributed by atoms with Gasteiger partial charge in [0.2, 0.25) is 0 Å². The van der Waals surface area contributed by atoms with E-state index in [2.05, 4.69) is 26.6 Å². The Morgan fingerprint density at radius 1 is 1.18 bits per heavy atom. The Kier molecular flexibility index (Phi) is 6.70. The van der Waals surface area contributed by atoms with Gasteiger partial charge in [-0.25, -0.2) is 4.79 Å². The van der Waals surface area contributed by atoms with E-state index in [0.29, 0.717) is 5.75 Å². The number of carbonyl (C=O) groups excluding carboxylic acids is 2.